The van der Waals surface area contributed by atoms with E-state index >= 15 is 0 Å². The fourth-order valence-electron chi connectivity index (χ4n) is 4.87. The van der Waals surface area contributed by atoms with Crippen LogP contribution in [-0.4, -0.2) is 52.4 Å². The highest BCUT2D eigenvalue weighted by Crippen LogP contribution is 2.40. The lowest BCUT2D eigenvalue weighted by molar-refractivity contribution is -0.384. The minimum atomic E-state index is -0.937. The summed E-state index contributed by atoms with van der Waals surface area (Å²) >= 11 is 0. The second-order valence-corrected chi connectivity index (χ2v) is 9.05. The number of amides is 1. The molecule has 0 aliphatic carbocycles. The number of aliphatic hydroxyl groups is 1. The van der Waals surface area contributed by atoms with Crippen molar-refractivity contribution in [1.82, 2.24) is 9.88 Å². The third kappa shape index (κ3) is 4.68. The first-order chi connectivity index (χ1) is 18.8. The van der Waals surface area contributed by atoms with Gasteiger partial charge in [-0.1, -0.05) is 0 Å². The molecule has 0 bridgehead atoms. The molecule has 2 N–H and O–H groups in total. The van der Waals surface area contributed by atoms with Crippen molar-refractivity contribution in [2.45, 2.75) is 12.5 Å². The Bertz CT molecular complexity index is 1600. The number of methoxy groups -OCH3 is 2. The highest BCUT2D eigenvalue weighted by molar-refractivity contribution is 6.46. The van der Waals surface area contributed by atoms with Crippen molar-refractivity contribution in [1.29, 1.82) is 0 Å². The van der Waals surface area contributed by atoms with Crippen molar-refractivity contribution < 1.29 is 29.1 Å². The highest BCUT2D eigenvalue weighted by Gasteiger charge is 2.46. The van der Waals surface area contributed by atoms with Crippen LogP contribution in [0.1, 0.15) is 22.7 Å². The van der Waals surface area contributed by atoms with Crippen LogP contribution in [-0.2, 0) is 16.0 Å². The fourth-order valence-corrected chi connectivity index (χ4v) is 4.87. The Morgan fingerprint density at radius 1 is 1.00 bits per heavy atom. The number of H-pyrrole nitrogens is 1. The van der Waals surface area contributed by atoms with Gasteiger partial charge in [0.2, 0.25) is 0 Å². The first kappa shape index (κ1) is 25.5. The molecule has 198 valence electrons. The van der Waals surface area contributed by atoms with Crippen LogP contribution in [0.2, 0.25) is 0 Å². The van der Waals surface area contributed by atoms with Gasteiger partial charge in [-0.15, -0.1) is 0 Å². The van der Waals surface area contributed by atoms with Crippen molar-refractivity contribution in [2.75, 3.05) is 20.8 Å². The zero-order valence-electron chi connectivity index (χ0n) is 21.2. The summed E-state index contributed by atoms with van der Waals surface area (Å²) in [5.41, 5.74) is 2.42. The second-order valence-electron chi connectivity index (χ2n) is 9.05. The highest BCUT2D eigenvalue weighted by atomic mass is 16.6. The van der Waals surface area contributed by atoms with E-state index in [1.807, 2.05) is 24.4 Å². The van der Waals surface area contributed by atoms with E-state index in [9.17, 15) is 24.8 Å². The number of Topliss-reactive ketones (excluding diaryl/α,β-unsaturated/α-hetero) is 1. The number of nitrogens with zero attached hydrogens (tertiary/aromatic N) is 2. The van der Waals surface area contributed by atoms with Gasteiger partial charge < -0.3 is 24.5 Å². The monoisotopic (exact) mass is 527 g/mol. The normalized spacial score (nSPS) is 16.6. The number of aromatic amines is 1. The molecule has 2 heterocycles. The predicted octanol–water partition coefficient (Wildman–Crippen LogP) is 4.76. The first-order valence-corrected chi connectivity index (χ1v) is 12.1. The number of ether oxygens (including phenoxy) is 2. The number of non-ortho nitro benzene ring substituents is 1. The number of nitro benzene ring substituents is 1. The van der Waals surface area contributed by atoms with E-state index in [-0.39, 0.29) is 23.6 Å². The smallest absolute Gasteiger partial charge is 0.295 e. The van der Waals surface area contributed by atoms with Gasteiger partial charge in [0.05, 0.1) is 30.8 Å². The van der Waals surface area contributed by atoms with Crippen molar-refractivity contribution in [3.8, 4) is 11.5 Å². The van der Waals surface area contributed by atoms with Crippen LogP contribution in [0.25, 0.3) is 16.7 Å². The maximum atomic E-state index is 13.3. The molecular weight excluding hydrogens is 502 g/mol. The van der Waals surface area contributed by atoms with Crippen LogP contribution in [0.3, 0.4) is 0 Å². The summed E-state index contributed by atoms with van der Waals surface area (Å²) in [5.74, 6) is -0.666. The number of aromatic nitrogens is 1. The summed E-state index contributed by atoms with van der Waals surface area (Å²) in [7, 11) is 3.10. The minimum Gasteiger partial charge on any atom is -0.507 e. The van der Waals surface area contributed by atoms with Crippen LogP contribution in [0.4, 0.5) is 5.69 Å². The molecule has 10 heteroatoms. The zero-order valence-corrected chi connectivity index (χ0v) is 21.2. The van der Waals surface area contributed by atoms with Crippen LogP contribution in [0, 0.1) is 10.1 Å². The Labute approximate surface area is 223 Å². The number of rotatable bonds is 8. The Balaban J connectivity index is 1.55. The molecule has 0 saturated carbocycles. The van der Waals surface area contributed by atoms with E-state index in [4.69, 9.17) is 9.47 Å². The van der Waals surface area contributed by atoms with Gasteiger partial charge in [-0.05, 0) is 72.1 Å². The molecule has 1 amide bonds. The lowest BCUT2D eigenvalue weighted by Gasteiger charge is -2.25. The number of carbonyl (C=O) groups is 2. The average Bonchev–Trinajstić information content (AvgIpc) is 3.48. The summed E-state index contributed by atoms with van der Waals surface area (Å²) in [4.78, 5) is 41.9. The van der Waals surface area contributed by atoms with Crippen molar-refractivity contribution in [3.05, 3.63) is 105 Å². The molecule has 1 fully saturated rings. The van der Waals surface area contributed by atoms with Gasteiger partial charge in [0.1, 0.15) is 17.3 Å². The van der Waals surface area contributed by atoms with Crippen LogP contribution in [0.15, 0.2) is 78.5 Å². The number of hydrogen-bond donors (Lipinski definition) is 2. The number of likely N-dealkylation sites (tertiary alicyclic amines) is 1. The van der Waals surface area contributed by atoms with Gasteiger partial charge in [-0.2, -0.15) is 0 Å². The van der Waals surface area contributed by atoms with Crippen molar-refractivity contribution in [3.63, 3.8) is 0 Å². The molecule has 0 radical (unpaired) electrons. The summed E-state index contributed by atoms with van der Waals surface area (Å²) in [6, 6.07) is 16.8. The maximum Gasteiger partial charge on any atom is 0.295 e. The third-order valence-electron chi connectivity index (χ3n) is 6.92. The topological polar surface area (TPSA) is 135 Å². The largest absolute Gasteiger partial charge is 0.507 e. The molecule has 39 heavy (non-hydrogen) atoms. The Kier molecular flexibility index (Phi) is 6.76. The molecular formula is C29H25N3O7. The molecule has 0 spiro atoms. The predicted molar refractivity (Wildman–Crippen MR) is 144 cm³/mol. The van der Waals surface area contributed by atoms with E-state index in [1.54, 1.807) is 31.4 Å². The molecule has 5 rings (SSSR count). The molecule has 1 atom stereocenters. The summed E-state index contributed by atoms with van der Waals surface area (Å²) in [6.45, 7) is 0.162. The number of hydrogen-bond acceptors (Lipinski definition) is 7. The van der Waals surface area contributed by atoms with Crippen LogP contribution < -0.4 is 9.47 Å². The van der Waals surface area contributed by atoms with Gasteiger partial charge in [-0.25, -0.2) is 0 Å². The van der Waals surface area contributed by atoms with Gasteiger partial charge in [0.15, 0.2) is 0 Å². The Morgan fingerprint density at radius 2 is 1.67 bits per heavy atom. The third-order valence-corrected chi connectivity index (χ3v) is 6.92. The van der Waals surface area contributed by atoms with E-state index in [0.717, 1.165) is 16.5 Å². The van der Waals surface area contributed by atoms with Crippen molar-refractivity contribution >= 4 is 34.0 Å². The SMILES string of the molecule is COc1ccc(/C(O)=C2/C(=O)C(=O)N(CCc3c[nH]c4ccc(OC)cc34)C2c2ccc([N+](=O)[O-])cc2)cc1. The fraction of sp³-hybridized carbons (Fsp3) is 0.172. The molecule has 1 saturated heterocycles. The molecule has 1 aromatic heterocycles. The number of carbonyl (C=O) groups excluding carboxylic acids is 2. The standard InChI is InChI=1S/C29H25N3O7/c1-38-21-9-5-18(6-10-21)27(33)25-26(17-3-7-20(8-4-17)32(36)37)31(29(35)28(25)34)14-13-19-16-30-24-12-11-22(39-2)15-23(19)24/h3-12,15-16,26,30,33H,13-14H2,1-2H3/b27-25-. The van der Waals surface area contributed by atoms with Gasteiger partial charge in [0.25, 0.3) is 17.4 Å². The molecule has 3 aromatic carbocycles. The van der Waals surface area contributed by atoms with E-state index < -0.39 is 22.7 Å². The number of nitrogens with one attached hydrogen (secondary N) is 1. The van der Waals surface area contributed by atoms with Gasteiger partial charge >= 0.3 is 0 Å². The summed E-state index contributed by atoms with van der Waals surface area (Å²) < 4.78 is 10.5. The molecule has 4 aromatic rings. The minimum absolute atomic E-state index is 0.0837. The van der Waals surface area contributed by atoms with E-state index in [1.165, 1.54) is 36.3 Å². The molecule has 1 aliphatic heterocycles. The number of fused-ring (bicyclic) bond motifs is 1. The van der Waals surface area contributed by atoms with Gasteiger partial charge in [-0.3, -0.25) is 19.7 Å². The number of benzene rings is 3. The van der Waals surface area contributed by atoms with Crippen LogP contribution >= 0.6 is 0 Å². The molecule has 10 nitrogen and oxygen atoms in total. The summed E-state index contributed by atoms with van der Waals surface area (Å²) in [6.07, 6.45) is 2.26. The lowest BCUT2D eigenvalue weighted by atomic mass is 9.95. The Morgan fingerprint density at radius 3 is 2.31 bits per heavy atom. The molecule has 1 unspecified atom stereocenters. The second kappa shape index (κ2) is 10.3. The van der Waals surface area contributed by atoms with Crippen LogP contribution in [0.5, 0.6) is 11.5 Å². The van der Waals surface area contributed by atoms with Gasteiger partial charge in [0, 0.05) is 41.3 Å². The van der Waals surface area contributed by atoms with Crippen molar-refractivity contribution in [2.24, 2.45) is 0 Å². The quantitative estimate of drug-likeness (QED) is 0.111. The average molecular weight is 528 g/mol. The number of aliphatic hydroxyl groups excluding tert-OH is 1. The number of ketones is 1. The van der Waals surface area contributed by atoms with E-state index in [0.29, 0.717) is 29.0 Å². The zero-order chi connectivity index (χ0) is 27.7. The van der Waals surface area contributed by atoms with E-state index in [2.05, 4.69) is 4.98 Å². The molecule has 1 aliphatic rings. The Hall–Kier alpha value is -5.12. The summed E-state index contributed by atoms with van der Waals surface area (Å²) in [5, 5.41) is 23.4. The maximum absolute atomic E-state index is 13.3. The number of nitro groups is 1. The first-order valence-electron chi connectivity index (χ1n) is 12.1. The lowest BCUT2D eigenvalue weighted by Crippen LogP contribution is -2.31.